The van der Waals surface area contributed by atoms with Gasteiger partial charge in [-0.2, -0.15) is 0 Å². The Hall–Kier alpha value is -3.03. The van der Waals surface area contributed by atoms with Crippen LogP contribution in [-0.2, 0) is 4.79 Å². The van der Waals surface area contributed by atoms with Crippen molar-refractivity contribution in [3.63, 3.8) is 0 Å². The second kappa shape index (κ2) is 10.1. The maximum atomic E-state index is 14.0. The van der Waals surface area contributed by atoms with Crippen LogP contribution >= 0.6 is 0 Å². The maximum absolute atomic E-state index is 14.0. The molecule has 1 aromatic heterocycles. The van der Waals surface area contributed by atoms with E-state index in [9.17, 15) is 18.4 Å². The summed E-state index contributed by atoms with van der Waals surface area (Å²) in [5.74, 6) is -0.575. The first-order chi connectivity index (χ1) is 15.5. The Morgan fingerprint density at radius 3 is 2.56 bits per heavy atom. The van der Waals surface area contributed by atoms with E-state index in [1.54, 1.807) is 11.1 Å². The van der Waals surface area contributed by atoms with Crippen molar-refractivity contribution in [3.8, 4) is 0 Å². The lowest BCUT2D eigenvalue weighted by Crippen LogP contribution is -2.49. The van der Waals surface area contributed by atoms with E-state index in [0.29, 0.717) is 39.0 Å². The summed E-state index contributed by atoms with van der Waals surface area (Å²) < 4.78 is 27.5. The number of carbonyl (C=O) groups is 2. The molecule has 0 aliphatic carbocycles. The molecule has 2 amide bonds. The first-order valence-corrected chi connectivity index (χ1v) is 11.2. The zero-order valence-corrected chi connectivity index (χ0v) is 18.1. The molecule has 32 heavy (non-hydrogen) atoms. The normalized spacial score (nSPS) is 19.2. The van der Waals surface area contributed by atoms with Gasteiger partial charge in [0.25, 0.3) is 5.91 Å². The van der Waals surface area contributed by atoms with Crippen LogP contribution in [0.3, 0.4) is 0 Å². The second-order valence-corrected chi connectivity index (χ2v) is 8.48. The molecule has 2 aromatic rings. The van der Waals surface area contributed by atoms with Crippen LogP contribution in [-0.4, -0.2) is 65.9 Å². The molecule has 8 heteroatoms. The van der Waals surface area contributed by atoms with Gasteiger partial charge in [0.15, 0.2) is 0 Å². The van der Waals surface area contributed by atoms with Crippen molar-refractivity contribution in [1.82, 2.24) is 14.8 Å². The van der Waals surface area contributed by atoms with Crippen molar-refractivity contribution in [2.75, 3.05) is 44.2 Å². The van der Waals surface area contributed by atoms with Crippen LogP contribution in [0.15, 0.2) is 42.6 Å². The lowest BCUT2D eigenvalue weighted by atomic mass is 9.92. The van der Waals surface area contributed by atoms with Crippen LogP contribution in [0.2, 0.25) is 0 Å². The zero-order valence-electron chi connectivity index (χ0n) is 18.1. The number of carbonyl (C=O) groups excluding carboxylic acids is 2. The number of hydrogen-bond acceptors (Lipinski definition) is 4. The Morgan fingerprint density at radius 2 is 1.81 bits per heavy atom. The third-order valence-corrected chi connectivity index (χ3v) is 6.34. The van der Waals surface area contributed by atoms with Gasteiger partial charge in [-0.3, -0.25) is 9.59 Å². The van der Waals surface area contributed by atoms with Gasteiger partial charge < -0.3 is 14.7 Å². The molecule has 0 saturated carbocycles. The van der Waals surface area contributed by atoms with Crippen molar-refractivity contribution in [2.45, 2.75) is 25.7 Å². The first-order valence-electron chi connectivity index (χ1n) is 11.2. The van der Waals surface area contributed by atoms with Crippen LogP contribution in [0, 0.1) is 17.6 Å². The van der Waals surface area contributed by atoms with Crippen molar-refractivity contribution < 1.29 is 18.4 Å². The maximum Gasteiger partial charge on any atom is 0.256 e. The minimum atomic E-state index is -0.710. The molecule has 2 saturated heterocycles. The molecule has 170 valence electrons. The Bertz CT molecular complexity index is 948. The number of hydrogen-bond donors (Lipinski definition) is 0. The number of halogens is 2. The molecule has 2 fully saturated rings. The first kappa shape index (κ1) is 22.2. The molecular weight excluding hydrogens is 414 g/mol. The Morgan fingerprint density at radius 1 is 1.00 bits per heavy atom. The fourth-order valence-electron chi connectivity index (χ4n) is 4.53. The number of rotatable bonds is 5. The standard InChI is InChI=1S/C24H28F2N4O2/c25-19-7-8-21(26)20(16-19)24(32)30-11-3-4-18(17-30)6-9-23(31)29-14-12-28(13-15-29)22-5-1-2-10-27-22/h1-2,5,7-8,10,16,18H,3-4,6,9,11-15,17H2. The molecule has 0 radical (unpaired) electrons. The van der Waals surface area contributed by atoms with Crippen LogP contribution in [0.4, 0.5) is 14.6 Å². The van der Waals surface area contributed by atoms with Gasteiger partial charge in [-0.15, -0.1) is 0 Å². The fourth-order valence-corrected chi connectivity index (χ4v) is 4.53. The Kier molecular flexibility index (Phi) is 6.97. The minimum absolute atomic E-state index is 0.130. The lowest BCUT2D eigenvalue weighted by molar-refractivity contribution is -0.131. The molecule has 4 rings (SSSR count). The van der Waals surface area contributed by atoms with Gasteiger partial charge in [0, 0.05) is 51.9 Å². The quantitative estimate of drug-likeness (QED) is 0.713. The number of pyridine rings is 1. The molecule has 0 bridgehead atoms. The van der Waals surface area contributed by atoms with E-state index in [-0.39, 0.29) is 17.4 Å². The largest absolute Gasteiger partial charge is 0.353 e. The van der Waals surface area contributed by atoms with E-state index in [4.69, 9.17) is 0 Å². The number of piperazine rings is 1. The molecule has 1 aromatic carbocycles. The van der Waals surface area contributed by atoms with Crippen LogP contribution in [0.1, 0.15) is 36.0 Å². The monoisotopic (exact) mass is 442 g/mol. The molecule has 3 heterocycles. The van der Waals surface area contributed by atoms with Crippen molar-refractivity contribution >= 4 is 17.6 Å². The highest BCUT2D eigenvalue weighted by Crippen LogP contribution is 2.24. The van der Waals surface area contributed by atoms with E-state index in [2.05, 4.69) is 9.88 Å². The molecule has 0 spiro atoms. The molecule has 2 aliphatic heterocycles. The van der Waals surface area contributed by atoms with Crippen LogP contribution in [0.5, 0.6) is 0 Å². The SMILES string of the molecule is O=C(CCC1CCCN(C(=O)c2cc(F)ccc2F)C1)N1CCN(c2ccccn2)CC1. The van der Waals surface area contributed by atoms with Gasteiger partial charge in [-0.25, -0.2) is 13.8 Å². The highest BCUT2D eigenvalue weighted by molar-refractivity contribution is 5.94. The predicted octanol–water partition coefficient (Wildman–Crippen LogP) is 3.34. The van der Waals surface area contributed by atoms with Crippen LogP contribution in [0.25, 0.3) is 0 Å². The number of nitrogens with zero attached hydrogens (tertiary/aromatic N) is 4. The average Bonchev–Trinajstić information content (AvgIpc) is 2.84. The summed E-state index contributed by atoms with van der Waals surface area (Å²) in [7, 11) is 0. The lowest BCUT2D eigenvalue weighted by Gasteiger charge is -2.36. The summed E-state index contributed by atoms with van der Waals surface area (Å²) >= 11 is 0. The minimum Gasteiger partial charge on any atom is -0.353 e. The number of aromatic nitrogens is 1. The van der Waals surface area contributed by atoms with Crippen molar-refractivity contribution in [1.29, 1.82) is 0 Å². The molecule has 0 N–H and O–H groups in total. The van der Waals surface area contributed by atoms with E-state index in [1.807, 2.05) is 23.1 Å². The summed E-state index contributed by atoms with van der Waals surface area (Å²) in [4.78, 5) is 35.4. The fraction of sp³-hybridized carbons (Fsp3) is 0.458. The highest BCUT2D eigenvalue weighted by atomic mass is 19.1. The van der Waals surface area contributed by atoms with Gasteiger partial charge in [-0.05, 0) is 55.5 Å². The zero-order chi connectivity index (χ0) is 22.5. The van der Waals surface area contributed by atoms with Gasteiger partial charge >= 0.3 is 0 Å². The number of amides is 2. The average molecular weight is 443 g/mol. The van der Waals surface area contributed by atoms with E-state index in [1.165, 1.54) is 0 Å². The van der Waals surface area contributed by atoms with E-state index in [0.717, 1.165) is 49.9 Å². The number of piperidine rings is 1. The predicted molar refractivity (Wildman–Crippen MR) is 117 cm³/mol. The summed E-state index contributed by atoms with van der Waals surface area (Å²) in [5.41, 5.74) is -0.229. The van der Waals surface area contributed by atoms with Crippen molar-refractivity contribution in [3.05, 3.63) is 59.8 Å². The molecule has 1 unspecified atom stereocenters. The highest BCUT2D eigenvalue weighted by Gasteiger charge is 2.28. The number of anilines is 1. The van der Waals surface area contributed by atoms with Gasteiger partial charge in [0.1, 0.15) is 17.5 Å². The Balaban J connectivity index is 1.25. The molecular formula is C24H28F2N4O2. The number of benzene rings is 1. The van der Waals surface area contributed by atoms with Gasteiger partial charge in [0.05, 0.1) is 5.56 Å². The summed E-state index contributed by atoms with van der Waals surface area (Å²) in [5, 5.41) is 0. The Labute approximate surface area is 186 Å². The summed E-state index contributed by atoms with van der Waals surface area (Å²) in [6.45, 7) is 3.85. The van der Waals surface area contributed by atoms with Crippen LogP contribution < -0.4 is 4.90 Å². The van der Waals surface area contributed by atoms with Crippen molar-refractivity contribution in [2.24, 2.45) is 5.92 Å². The summed E-state index contributed by atoms with van der Waals surface area (Å²) in [6.07, 6.45) is 4.62. The molecule has 1 atom stereocenters. The topological polar surface area (TPSA) is 56.8 Å². The number of likely N-dealkylation sites (tertiary alicyclic amines) is 1. The third-order valence-electron chi connectivity index (χ3n) is 6.34. The smallest absolute Gasteiger partial charge is 0.256 e. The molecule has 6 nitrogen and oxygen atoms in total. The van der Waals surface area contributed by atoms with Gasteiger partial charge in [0.2, 0.25) is 5.91 Å². The molecule has 2 aliphatic rings. The third kappa shape index (κ3) is 5.23. The van der Waals surface area contributed by atoms with E-state index >= 15 is 0 Å². The van der Waals surface area contributed by atoms with Gasteiger partial charge in [-0.1, -0.05) is 6.07 Å². The summed E-state index contributed by atoms with van der Waals surface area (Å²) in [6, 6.07) is 8.76. The second-order valence-electron chi connectivity index (χ2n) is 8.48. The van der Waals surface area contributed by atoms with E-state index < -0.39 is 17.5 Å².